The maximum absolute atomic E-state index is 6.14. The van der Waals surface area contributed by atoms with E-state index in [-0.39, 0.29) is 17.8 Å². The molecule has 1 aromatic heterocycles. The van der Waals surface area contributed by atoms with Crippen LogP contribution in [0.15, 0.2) is 30.5 Å². The Bertz CT molecular complexity index is 621. The number of piperidine rings is 1. The van der Waals surface area contributed by atoms with E-state index in [9.17, 15) is 0 Å². The number of benzene rings is 1. The second-order valence-electron chi connectivity index (χ2n) is 6.01. The first-order valence-corrected chi connectivity index (χ1v) is 8.43. The maximum atomic E-state index is 6.14. The minimum Gasteiger partial charge on any atom is -0.375 e. The third-order valence-corrected chi connectivity index (χ3v) is 5.48. The molecule has 0 aliphatic carbocycles. The fourth-order valence-electron chi connectivity index (χ4n) is 2.97. The molecule has 1 saturated heterocycles. The number of nitrogens with two attached hydrogens (primary N) is 1. The average Bonchev–Trinajstić information content (AvgIpc) is 2.87. The Morgan fingerprint density at radius 1 is 1.36 bits per heavy atom. The number of likely N-dealkylation sites (tertiary alicyclic amines) is 1. The van der Waals surface area contributed by atoms with Gasteiger partial charge in [0.2, 0.25) is 0 Å². The molecule has 0 bridgehead atoms. The summed E-state index contributed by atoms with van der Waals surface area (Å²) in [5.74, 6) is 0. The number of hydrogen-bond acceptors (Lipinski definition) is 4. The van der Waals surface area contributed by atoms with Gasteiger partial charge in [-0.15, -0.1) is 23.7 Å². The van der Waals surface area contributed by atoms with E-state index in [1.807, 2.05) is 12.3 Å². The first kappa shape index (κ1) is 17.5. The molecule has 0 saturated carbocycles. The van der Waals surface area contributed by atoms with Crippen molar-refractivity contribution in [2.24, 2.45) is 0 Å². The van der Waals surface area contributed by atoms with Crippen molar-refractivity contribution < 1.29 is 0 Å². The monoisotopic (exact) mass is 357 g/mol. The summed E-state index contributed by atoms with van der Waals surface area (Å²) in [5.41, 5.74) is 7.28. The molecule has 0 radical (unpaired) electrons. The van der Waals surface area contributed by atoms with Crippen molar-refractivity contribution in [2.45, 2.75) is 31.7 Å². The second kappa shape index (κ2) is 7.18. The zero-order valence-corrected chi connectivity index (χ0v) is 15.0. The predicted octanol–water partition coefficient (Wildman–Crippen LogP) is 4.35. The lowest BCUT2D eigenvalue weighted by molar-refractivity contribution is 0.163. The first-order chi connectivity index (χ1) is 10.0. The largest absolute Gasteiger partial charge is 0.375 e. The van der Waals surface area contributed by atoms with Crippen molar-refractivity contribution in [3.8, 4) is 0 Å². The zero-order chi connectivity index (χ0) is 14.9. The molecular formula is C16H21Cl2N3S. The fraction of sp³-hybridized carbons (Fsp3) is 0.438. The Morgan fingerprint density at radius 3 is 2.68 bits per heavy atom. The van der Waals surface area contributed by atoms with E-state index in [1.54, 1.807) is 11.3 Å². The SMILES string of the molecule is CC1(c2cccc(Cl)c2)CCN(Cc2cnc(N)s2)CC1.Cl. The van der Waals surface area contributed by atoms with Crippen molar-refractivity contribution in [3.05, 3.63) is 45.9 Å². The van der Waals surface area contributed by atoms with Crippen LogP contribution in [-0.4, -0.2) is 23.0 Å². The van der Waals surface area contributed by atoms with Gasteiger partial charge in [0.15, 0.2) is 5.13 Å². The van der Waals surface area contributed by atoms with Crippen LogP contribution in [0.25, 0.3) is 0 Å². The van der Waals surface area contributed by atoms with Gasteiger partial charge in [-0.2, -0.15) is 0 Å². The fourth-order valence-corrected chi connectivity index (χ4v) is 3.89. The van der Waals surface area contributed by atoms with E-state index < -0.39 is 0 Å². The van der Waals surface area contributed by atoms with Crippen LogP contribution in [0, 0.1) is 0 Å². The third kappa shape index (κ3) is 3.93. The highest BCUT2D eigenvalue weighted by atomic mass is 35.5. The summed E-state index contributed by atoms with van der Waals surface area (Å²) < 4.78 is 0. The molecule has 0 amide bonds. The third-order valence-electron chi connectivity index (χ3n) is 4.43. The molecule has 0 atom stereocenters. The highest BCUT2D eigenvalue weighted by Crippen LogP contribution is 2.36. The lowest BCUT2D eigenvalue weighted by atomic mass is 9.74. The normalized spacial score (nSPS) is 17.9. The summed E-state index contributed by atoms with van der Waals surface area (Å²) in [6, 6.07) is 8.31. The van der Waals surface area contributed by atoms with Crippen LogP contribution >= 0.6 is 35.3 Å². The van der Waals surface area contributed by atoms with Gasteiger partial charge < -0.3 is 5.73 Å². The van der Waals surface area contributed by atoms with Crippen molar-refractivity contribution in [2.75, 3.05) is 18.8 Å². The van der Waals surface area contributed by atoms with Crippen LogP contribution in [0.2, 0.25) is 5.02 Å². The van der Waals surface area contributed by atoms with Crippen molar-refractivity contribution in [3.63, 3.8) is 0 Å². The number of nitrogen functional groups attached to an aromatic ring is 1. The van der Waals surface area contributed by atoms with Crippen LogP contribution < -0.4 is 5.73 Å². The van der Waals surface area contributed by atoms with Gasteiger partial charge in [0.25, 0.3) is 0 Å². The number of aromatic nitrogens is 1. The van der Waals surface area contributed by atoms with Gasteiger partial charge in [0, 0.05) is 22.6 Å². The van der Waals surface area contributed by atoms with Gasteiger partial charge in [-0.3, -0.25) is 4.90 Å². The molecule has 1 aliphatic heterocycles. The molecule has 6 heteroatoms. The summed E-state index contributed by atoms with van der Waals surface area (Å²) >= 11 is 7.72. The molecule has 22 heavy (non-hydrogen) atoms. The van der Waals surface area contributed by atoms with Crippen LogP contribution in [0.5, 0.6) is 0 Å². The number of halogens is 2. The summed E-state index contributed by atoms with van der Waals surface area (Å²) in [7, 11) is 0. The Labute approximate surface area is 146 Å². The molecule has 120 valence electrons. The van der Waals surface area contributed by atoms with Crippen molar-refractivity contribution in [1.29, 1.82) is 0 Å². The quantitative estimate of drug-likeness (QED) is 0.887. The molecule has 2 aromatic rings. The summed E-state index contributed by atoms with van der Waals surface area (Å²) in [4.78, 5) is 7.86. The maximum Gasteiger partial charge on any atom is 0.180 e. The summed E-state index contributed by atoms with van der Waals surface area (Å²) in [6.45, 7) is 5.50. The van der Waals surface area contributed by atoms with E-state index >= 15 is 0 Å². The van der Waals surface area contributed by atoms with Crippen LogP contribution in [0.1, 0.15) is 30.2 Å². The van der Waals surface area contributed by atoms with Crippen LogP contribution in [0.3, 0.4) is 0 Å². The Balaban J connectivity index is 0.00000176. The minimum atomic E-state index is 0. The number of thiazole rings is 1. The molecule has 1 aromatic carbocycles. The predicted molar refractivity (Wildman–Crippen MR) is 97.1 cm³/mol. The topological polar surface area (TPSA) is 42.2 Å². The van der Waals surface area contributed by atoms with Gasteiger partial charge in [0.1, 0.15) is 0 Å². The van der Waals surface area contributed by atoms with E-state index in [1.165, 1.54) is 10.4 Å². The molecule has 1 aliphatic rings. The van der Waals surface area contributed by atoms with E-state index in [2.05, 4.69) is 35.0 Å². The molecular weight excluding hydrogens is 337 g/mol. The van der Waals surface area contributed by atoms with Gasteiger partial charge in [-0.05, 0) is 49.0 Å². The molecule has 3 rings (SSSR count). The van der Waals surface area contributed by atoms with Gasteiger partial charge in [-0.1, -0.05) is 30.7 Å². The van der Waals surface area contributed by atoms with Crippen LogP contribution in [0.4, 0.5) is 5.13 Å². The Kier molecular flexibility index (Phi) is 5.72. The molecule has 3 nitrogen and oxygen atoms in total. The smallest absolute Gasteiger partial charge is 0.180 e. The number of nitrogens with zero attached hydrogens (tertiary/aromatic N) is 2. The highest BCUT2D eigenvalue weighted by Gasteiger charge is 2.31. The van der Waals surface area contributed by atoms with Gasteiger partial charge in [0.05, 0.1) is 0 Å². The van der Waals surface area contributed by atoms with Crippen LogP contribution in [-0.2, 0) is 12.0 Å². The minimum absolute atomic E-state index is 0. The zero-order valence-electron chi connectivity index (χ0n) is 12.6. The Morgan fingerprint density at radius 2 is 2.09 bits per heavy atom. The molecule has 0 spiro atoms. The van der Waals surface area contributed by atoms with Crippen molar-refractivity contribution >= 4 is 40.5 Å². The number of anilines is 1. The van der Waals surface area contributed by atoms with Gasteiger partial charge in [-0.25, -0.2) is 4.98 Å². The van der Waals surface area contributed by atoms with E-state index in [4.69, 9.17) is 17.3 Å². The van der Waals surface area contributed by atoms with Crippen molar-refractivity contribution in [1.82, 2.24) is 9.88 Å². The molecule has 1 fully saturated rings. The average molecular weight is 358 g/mol. The van der Waals surface area contributed by atoms with E-state index in [0.717, 1.165) is 37.5 Å². The second-order valence-corrected chi connectivity index (χ2v) is 7.60. The first-order valence-electron chi connectivity index (χ1n) is 7.24. The van der Waals surface area contributed by atoms with Gasteiger partial charge >= 0.3 is 0 Å². The van der Waals surface area contributed by atoms with E-state index in [0.29, 0.717) is 5.13 Å². The lowest BCUT2D eigenvalue weighted by Gasteiger charge is -2.39. The summed E-state index contributed by atoms with van der Waals surface area (Å²) in [6.07, 6.45) is 4.20. The molecule has 2 heterocycles. The number of hydrogen-bond donors (Lipinski definition) is 1. The highest BCUT2D eigenvalue weighted by molar-refractivity contribution is 7.15. The molecule has 2 N–H and O–H groups in total. The molecule has 0 unspecified atom stereocenters. The number of rotatable bonds is 3. The lowest BCUT2D eigenvalue weighted by Crippen LogP contribution is -2.40. The summed E-state index contributed by atoms with van der Waals surface area (Å²) in [5, 5.41) is 1.49. The standard InChI is InChI=1S/C16H20ClN3S.ClH/c1-16(12-3-2-4-13(17)9-12)5-7-20(8-6-16)11-14-10-19-15(18)21-14;/h2-4,9-10H,5-8,11H2,1H3,(H2,18,19);1H. The Hall–Kier alpha value is -0.810.